The Morgan fingerprint density at radius 1 is 1.39 bits per heavy atom. The number of hydrogen-bond acceptors (Lipinski definition) is 2. The van der Waals surface area contributed by atoms with Crippen LogP contribution in [-0.2, 0) is 6.42 Å². The monoisotopic (exact) mass is 265 g/mol. The molecule has 2 heteroatoms. The zero-order valence-corrected chi connectivity index (χ0v) is 12.5. The zero-order chi connectivity index (χ0) is 12.6. The minimum Gasteiger partial charge on any atom is -0.314 e. The average molecular weight is 265 g/mol. The quantitative estimate of drug-likeness (QED) is 0.722. The van der Waals surface area contributed by atoms with Gasteiger partial charge >= 0.3 is 0 Å². The molecule has 0 radical (unpaired) electrons. The van der Waals surface area contributed by atoms with Gasteiger partial charge in [0.05, 0.1) is 0 Å². The minimum atomic E-state index is 0.695. The van der Waals surface area contributed by atoms with Crippen LogP contribution in [-0.4, -0.2) is 12.6 Å². The molecular formula is C16H27NS. The maximum Gasteiger partial charge on any atom is 0.0108 e. The van der Waals surface area contributed by atoms with Gasteiger partial charge in [0.1, 0.15) is 0 Å². The van der Waals surface area contributed by atoms with Gasteiger partial charge in [-0.2, -0.15) is 11.3 Å². The molecule has 18 heavy (non-hydrogen) atoms. The largest absolute Gasteiger partial charge is 0.314 e. The molecule has 1 aliphatic carbocycles. The van der Waals surface area contributed by atoms with E-state index in [2.05, 4.69) is 29.1 Å². The molecule has 1 nitrogen and oxygen atoms in total. The van der Waals surface area contributed by atoms with Crippen molar-refractivity contribution in [3.05, 3.63) is 22.4 Å². The molecule has 102 valence electrons. The summed E-state index contributed by atoms with van der Waals surface area (Å²) in [4.78, 5) is 0. The Morgan fingerprint density at radius 3 is 2.89 bits per heavy atom. The standard InChI is InChI=1S/C16H27NS/c1-2-10-17-16(12-15-9-11-18-13-15)8-7-14-5-3-4-6-14/h9,11,13-14,16-17H,2-8,10,12H2,1H3. The summed E-state index contributed by atoms with van der Waals surface area (Å²) in [5, 5.41) is 8.24. The fraction of sp³-hybridized carbons (Fsp3) is 0.750. The number of rotatable bonds is 8. The van der Waals surface area contributed by atoms with E-state index in [1.165, 1.54) is 63.5 Å². The Kier molecular flexibility index (Phi) is 6.22. The van der Waals surface area contributed by atoms with E-state index in [1.807, 2.05) is 11.3 Å². The van der Waals surface area contributed by atoms with Gasteiger partial charge in [0.25, 0.3) is 0 Å². The van der Waals surface area contributed by atoms with Crippen LogP contribution in [0, 0.1) is 5.92 Å². The first-order valence-electron chi connectivity index (χ1n) is 7.63. The summed E-state index contributed by atoms with van der Waals surface area (Å²) in [6, 6.07) is 2.97. The molecule has 1 saturated carbocycles. The maximum atomic E-state index is 3.74. The predicted octanol–water partition coefficient (Wildman–Crippen LogP) is 4.63. The lowest BCUT2D eigenvalue weighted by atomic mass is 9.95. The molecule has 1 atom stereocenters. The van der Waals surface area contributed by atoms with Gasteiger partial charge in [0.2, 0.25) is 0 Å². The summed E-state index contributed by atoms with van der Waals surface area (Å²) in [7, 11) is 0. The smallest absolute Gasteiger partial charge is 0.0108 e. The SMILES string of the molecule is CCCNC(CCC1CCCC1)Cc1ccsc1. The Bertz CT molecular complexity index is 301. The second kappa shape index (κ2) is 7.96. The molecule has 1 aliphatic rings. The van der Waals surface area contributed by atoms with E-state index >= 15 is 0 Å². The number of thiophene rings is 1. The molecule has 1 fully saturated rings. The van der Waals surface area contributed by atoms with Crippen molar-refractivity contribution in [1.29, 1.82) is 0 Å². The molecule has 1 heterocycles. The van der Waals surface area contributed by atoms with E-state index in [-0.39, 0.29) is 0 Å². The van der Waals surface area contributed by atoms with Crippen LogP contribution >= 0.6 is 11.3 Å². The molecule has 0 spiro atoms. The van der Waals surface area contributed by atoms with Crippen molar-refractivity contribution < 1.29 is 0 Å². The summed E-state index contributed by atoms with van der Waals surface area (Å²) in [5.41, 5.74) is 1.51. The van der Waals surface area contributed by atoms with E-state index < -0.39 is 0 Å². The second-order valence-corrected chi connectivity index (χ2v) is 6.49. The second-order valence-electron chi connectivity index (χ2n) is 5.71. The Labute approximate surface area is 116 Å². The van der Waals surface area contributed by atoms with Gasteiger partial charge in [-0.15, -0.1) is 0 Å². The van der Waals surface area contributed by atoms with Crippen molar-refractivity contribution in [3.8, 4) is 0 Å². The fourth-order valence-corrected chi connectivity index (χ4v) is 3.74. The predicted molar refractivity (Wildman–Crippen MR) is 81.3 cm³/mol. The highest BCUT2D eigenvalue weighted by molar-refractivity contribution is 7.07. The lowest BCUT2D eigenvalue weighted by Gasteiger charge is -2.20. The highest BCUT2D eigenvalue weighted by Crippen LogP contribution is 2.29. The van der Waals surface area contributed by atoms with Gasteiger partial charge < -0.3 is 5.32 Å². The van der Waals surface area contributed by atoms with E-state index in [4.69, 9.17) is 0 Å². The van der Waals surface area contributed by atoms with Gasteiger partial charge in [-0.25, -0.2) is 0 Å². The van der Waals surface area contributed by atoms with Gasteiger partial charge in [0, 0.05) is 6.04 Å². The highest BCUT2D eigenvalue weighted by atomic mass is 32.1. The van der Waals surface area contributed by atoms with E-state index in [0.717, 1.165) is 5.92 Å². The summed E-state index contributed by atoms with van der Waals surface area (Å²) >= 11 is 1.82. The average Bonchev–Trinajstić information content (AvgIpc) is 3.05. The first kappa shape index (κ1) is 14.1. The van der Waals surface area contributed by atoms with E-state index in [1.54, 1.807) is 0 Å². The van der Waals surface area contributed by atoms with Crippen LogP contribution in [0.3, 0.4) is 0 Å². The first-order valence-corrected chi connectivity index (χ1v) is 8.57. The van der Waals surface area contributed by atoms with Gasteiger partial charge in [-0.05, 0) is 60.5 Å². The van der Waals surface area contributed by atoms with Gasteiger partial charge in [-0.3, -0.25) is 0 Å². The Balaban J connectivity index is 1.76. The molecule has 1 aromatic rings. The molecular weight excluding hydrogens is 238 g/mol. The van der Waals surface area contributed by atoms with E-state index in [0.29, 0.717) is 6.04 Å². The van der Waals surface area contributed by atoms with Gasteiger partial charge in [0.15, 0.2) is 0 Å². The highest BCUT2D eigenvalue weighted by Gasteiger charge is 2.17. The topological polar surface area (TPSA) is 12.0 Å². The van der Waals surface area contributed by atoms with Crippen molar-refractivity contribution in [2.24, 2.45) is 5.92 Å². The molecule has 0 amide bonds. The summed E-state index contributed by atoms with van der Waals surface area (Å²) in [5.74, 6) is 1.03. The first-order chi connectivity index (χ1) is 8.88. The Morgan fingerprint density at radius 2 is 2.22 bits per heavy atom. The summed E-state index contributed by atoms with van der Waals surface area (Å²) in [6.45, 7) is 3.42. The summed E-state index contributed by atoms with van der Waals surface area (Å²) < 4.78 is 0. The maximum absolute atomic E-state index is 3.74. The molecule has 2 rings (SSSR count). The van der Waals surface area contributed by atoms with Crippen LogP contribution in [0.15, 0.2) is 16.8 Å². The Hall–Kier alpha value is -0.340. The lowest BCUT2D eigenvalue weighted by molar-refractivity contribution is 0.402. The molecule has 0 aliphatic heterocycles. The third-order valence-electron chi connectivity index (χ3n) is 4.14. The van der Waals surface area contributed by atoms with Crippen LogP contribution < -0.4 is 5.32 Å². The van der Waals surface area contributed by atoms with Crippen molar-refractivity contribution >= 4 is 11.3 Å². The van der Waals surface area contributed by atoms with E-state index in [9.17, 15) is 0 Å². The van der Waals surface area contributed by atoms with Crippen LogP contribution in [0.2, 0.25) is 0 Å². The molecule has 1 aromatic heterocycles. The van der Waals surface area contributed by atoms with Crippen LogP contribution in [0.5, 0.6) is 0 Å². The third-order valence-corrected chi connectivity index (χ3v) is 4.88. The number of hydrogen-bond donors (Lipinski definition) is 1. The molecule has 1 N–H and O–H groups in total. The van der Waals surface area contributed by atoms with Crippen LogP contribution in [0.4, 0.5) is 0 Å². The molecule has 0 aromatic carbocycles. The molecule has 0 bridgehead atoms. The van der Waals surface area contributed by atoms with Crippen LogP contribution in [0.25, 0.3) is 0 Å². The molecule has 0 saturated heterocycles. The third kappa shape index (κ3) is 4.74. The van der Waals surface area contributed by atoms with Crippen molar-refractivity contribution in [1.82, 2.24) is 5.32 Å². The zero-order valence-electron chi connectivity index (χ0n) is 11.7. The lowest BCUT2D eigenvalue weighted by Crippen LogP contribution is -2.32. The van der Waals surface area contributed by atoms with Crippen LogP contribution in [0.1, 0.15) is 57.4 Å². The van der Waals surface area contributed by atoms with Crippen molar-refractivity contribution in [2.75, 3.05) is 6.54 Å². The van der Waals surface area contributed by atoms with Crippen molar-refractivity contribution in [2.45, 2.75) is 64.3 Å². The summed E-state index contributed by atoms with van der Waals surface area (Å²) in [6.07, 6.45) is 11.2. The fourth-order valence-electron chi connectivity index (χ4n) is 3.05. The minimum absolute atomic E-state index is 0.695. The van der Waals surface area contributed by atoms with Crippen molar-refractivity contribution in [3.63, 3.8) is 0 Å². The van der Waals surface area contributed by atoms with Gasteiger partial charge in [-0.1, -0.05) is 32.6 Å². The number of nitrogens with one attached hydrogen (secondary N) is 1. The molecule has 1 unspecified atom stereocenters. The normalized spacial score (nSPS) is 18.3.